The molecular formula is C22H22FN5O. The second-order valence-corrected chi connectivity index (χ2v) is 7.72. The molecule has 5 rings (SSSR count). The van der Waals surface area contributed by atoms with Gasteiger partial charge in [-0.15, -0.1) is 0 Å². The van der Waals surface area contributed by atoms with Crippen molar-refractivity contribution in [2.45, 2.75) is 24.7 Å². The van der Waals surface area contributed by atoms with Gasteiger partial charge >= 0.3 is 6.01 Å². The van der Waals surface area contributed by atoms with Crippen molar-refractivity contribution in [3.63, 3.8) is 0 Å². The number of pyridine rings is 1. The standard InChI is InChI=1S/C22H22FN5O/c1-25-17-6-13(23)5-15-14(17)7-18-19(15)20(22(11-24)3-4-22)16(10-26-18)12-8-27-21(29-2)28-9-12/h5-6,8-10,25H,3-4,7,11,24H2,1-2H3. The molecule has 0 saturated heterocycles. The average molecular weight is 391 g/mol. The maximum atomic E-state index is 14.4. The number of methoxy groups -OCH3 is 1. The molecule has 0 radical (unpaired) electrons. The van der Waals surface area contributed by atoms with Gasteiger partial charge in [-0.1, -0.05) is 0 Å². The summed E-state index contributed by atoms with van der Waals surface area (Å²) in [6.45, 7) is 0.539. The van der Waals surface area contributed by atoms with Gasteiger partial charge in [0.1, 0.15) is 5.82 Å². The number of nitrogens with zero attached hydrogens (tertiary/aromatic N) is 3. The summed E-state index contributed by atoms with van der Waals surface area (Å²) in [6.07, 6.45) is 8.06. The van der Waals surface area contributed by atoms with Gasteiger partial charge < -0.3 is 15.8 Å². The first kappa shape index (κ1) is 18.0. The molecule has 3 aromatic rings. The Labute approximate surface area is 168 Å². The molecule has 2 aromatic heterocycles. The molecule has 0 atom stereocenters. The lowest BCUT2D eigenvalue weighted by atomic mass is 9.84. The normalized spacial score (nSPS) is 15.6. The Morgan fingerprint density at radius 3 is 2.52 bits per heavy atom. The van der Waals surface area contributed by atoms with E-state index in [4.69, 9.17) is 15.5 Å². The highest BCUT2D eigenvalue weighted by molar-refractivity contribution is 5.88. The van der Waals surface area contributed by atoms with E-state index in [1.165, 1.54) is 7.11 Å². The smallest absolute Gasteiger partial charge is 0.316 e. The third kappa shape index (κ3) is 2.68. The van der Waals surface area contributed by atoms with E-state index in [1.807, 2.05) is 13.2 Å². The lowest BCUT2D eigenvalue weighted by Gasteiger charge is -2.22. The van der Waals surface area contributed by atoms with E-state index in [1.54, 1.807) is 24.5 Å². The molecule has 0 spiro atoms. The highest BCUT2D eigenvalue weighted by atomic mass is 19.1. The van der Waals surface area contributed by atoms with Crippen LogP contribution in [0.2, 0.25) is 0 Å². The van der Waals surface area contributed by atoms with Crippen LogP contribution in [0.25, 0.3) is 22.3 Å². The number of nitrogens with two attached hydrogens (primary N) is 1. The average Bonchev–Trinajstić information content (AvgIpc) is 3.47. The van der Waals surface area contributed by atoms with Gasteiger partial charge in [0, 0.05) is 66.4 Å². The van der Waals surface area contributed by atoms with Gasteiger partial charge in [-0.3, -0.25) is 4.98 Å². The predicted octanol–water partition coefficient (Wildman–Crippen LogP) is 3.29. The third-order valence-corrected chi connectivity index (χ3v) is 6.15. The van der Waals surface area contributed by atoms with Crippen LogP contribution in [0, 0.1) is 5.82 Å². The number of rotatable bonds is 5. The zero-order valence-corrected chi connectivity index (χ0v) is 16.4. The molecule has 3 N–H and O–H groups in total. The minimum Gasteiger partial charge on any atom is -0.467 e. The second-order valence-electron chi connectivity index (χ2n) is 7.72. The summed E-state index contributed by atoms with van der Waals surface area (Å²) in [5.41, 5.74) is 13.8. The molecule has 0 aliphatic heterocycles. The van der Waals surface area contributed by atoms with Gasteiger partial charge in [-0.25, -0.2) is 14.4 Å². The quantitative estimate of drug-likeness (QED) is 0.543. The first-order chi connectivity index (χ1) is 14.1. The van der Waals surface area contributed by atoms with Gasteiger partial charge in [0.2, 0.25) is 0 Å². The lowest BCUT2D eigenvalue weighted by Crippen LogP contribution is -2.22. The summed E-state index contributed by atoms with van der Waals surface area (Å²) in [5.74, 6) is -0.261. The Bertz CT molecular complexity index is 1110. The van der Waals surface area contributed by atoms with Crippen molar-refractivity contribution in [1.82, 2.24) is 15.0 Å². The molecule has 2 aliphatic rings. The summed E-state index contributed by atoms with van der Waals surface area (Å²) in [5, 5.41) is 3.12. The summed E-state index contributed by atoms with van der Waals surface area (Å²) < 4.78 is 19.5. The largest absolute Gasteiger partial charge is 0.467 e. The highest BCUT2D eigenvalue weighted by Crippen LogP contribution is 2.56. The predicted molar refractivity (Wildman–Crippen MR) is 110 cm³/mol. The monoisotopic (exact) mass is 391 g/mol. The lowest BCUT2D eigenvalue weighted by molar-refractivity contribution is 0.380. The zero-order valence-electron chi connectivity index (χ0n) is 16.4. The van der Waals surface area contributed by atoms with Gasteiger partial charge in [-0.05, 0) is 41.7 Å². The van der Waals surface area contributed by atoms with Crippen LogP contribution in [-0.4, -0.2) is 35.7 Å². The van der Waals surface area contributed by atoms with E-state index in [9.17, 15) is 4.39 Å². The second kappa shape index (κ2) is 6.49. The molecular weight excluding hydrogens is 369 g/mol. The first-order valence-corrected chi connectivity index (χ1v) is 9.69. The minimum absolute atomic E-state index is 0.115. The van der Waals surface area contributed by atoms with Crippen LogP contribution >= 0.6 is 0 Å². The van der Waals surface area contributed by atoms with Crippen molar-refractivity contribution >= 4 is 5.69 Å². The SMILES string of the molecule is CNc1cc(F)cc2c1Cc1ncc(-c3cnc(OC)nc3)c(C3(CN)CC3)c1-2. The van der Waals surface area contributed by atoms with Gasteiger partial charge in [-0.2, -0.15) is 0 Å². The Kier molecular flexibility index (Phi) is 4.03. The summed E-state index contributed by atoms with van der Waals surface area (Å²) in [4.78, 5) is 13.3. The van der Waals surface area contributed by atoms with Crippen LogP contribution < -0.4 is 15.8 Å². The Morgan fingerprint density at radius 2 is 1.90 bits per heavy atom. The number of fused-ring (bicyclic) bond motifs is 3. The minimum atomic E-state index is -0.261. The van der Waals surface area contributed by atoms with Crippen LogP contribution in [0.1, 0.15) is 29.7 Å². The van der Waals surface area contributed by atoms with E-state index in [-0.39, 0.29) is 11.2 Å². The summed E-state index contributed by atoms with van der Waals surface area (Å²) >= 11 is 0. The van der Waals surface area contributed by atoms with E-state index >= 15 is 0 Å². The molecule has 1 saturated carbocycles. The number of ether oxygens (including phenoxy) is 1. The van der Waals surface area contributed by atoms with E-state index in [2.05, 4.69) is 15.3 Å². The fraction of sp³-hybridized carbons (Fsp3) is 0.318. The third-order valence-electron chi connectivity index (χ3n) is 6.15. The Hall–Kier alpha value is -3.06. The van der Waals surface area contributed by atoms with Crippen LogP contribution in [0.15, 0.2) is 30.7 Å². The topological polar surface area (TPSA) is 86.0 Å². The number of hydrogen-bond donors (Lipinski definition) is 2. The maximum Gasteiger partial charge on any atom is 0.316 e. The number of halogens is 1. The van der Waals surface area contributed by atoms with E-state index < -0.39 is 0 Å². The van der Waals surface area contributed by atoms with Crippen LogP contribution in [0.3, 0.4) is 0 Å². The number of hydrogen-bond acceptors (Lipinski definition) is 6. The molecule has 2 aliphatic carbocycles. The van der Waals surface area contributed by atoms with Crippen molar-refractivity contribution in [3.05, 3.63) is 53.4 Å². The maximum absolute atomic E-state index is 14.4. The van der Waals surface area contributed by atoms with E-state index in [0.717, 1.165) is 57.6 Å². The number of benzene rings is 1. The number of anilines is 1. The molecule has 0 amide bonds. The molecule has 2 heterocycles. The molecule has 1 aromatic carbocycles. The number of aromatic nitrogens is 3. The summed E-state index contributed by atoms with van der Waals surface area (Å²) in [6, 6.07) is 3.47. The molecule has 29 heavy (non-hydrogen) atoms. The van der Waals surface area contributed by atoms with Gasteiger partial charge in [0.15, 0.2) is 0 Å². The van der Waals surface area contributed by atoms with Crippen LogP contribution in [-0.2, 0) is 11.8 Å². The van der Waals surface area contributed by atoms with Crippen molar-refractivity contribution in [1.29, 1.82) is 0 Å². The van der Waals surface area contributed by atoms with Crippen LogP contribution in [0.4, 0.5) is 10.1 Å². The summed E-state index contributed by atoms with van der Waals surface area (Å²) in [7, 11) is 3.35. The molecule has 7 heteroatoms. The molecule has 0 unspecified atom stereocenters. The fourth-order valence-corrected chi connectivity index (χ4v) is 4.45. The first-order valence-electron chi connectivity index (χ1n) is 9.69. The van der Waals surface area contributed by atoms with Crippen molar-refractivity contribution in [3.8, 4) is 28.3 Å². The van der Waals surface area contributed by atoms with Crippen molar-refractivity contribution < 1.29 is 9.13 Å². The van der Waals surface area contributed by atoms with Crippen LogP contribution in [0.5, 0.6) is 6.01 Å². The molecule has 6 nitrogen and oxygen atoms in total. The molecule has 0 bridgehead atoms. The Balaban J connectivity index is 1.78. The van der Waals surface area contributed by atoms with E-state index in [0.29, 0.717) is 19.0 Å². The zero-order chi connectivity index (χ0) is 20.2. The molecule has 148 valence electrons. The van der Waals surface area contributed by atoms with Gasteiger partial charge in [0.05, 0.1) is 12.8 Å². The fourth-order valence-electron chi connectivity index (χ4n) is 4.45. The highest BCUT2D eigenvalue weighted by Gasteiger charge is 2.47. The van der Waals surface area contributed by atoms with Crippen molar-refractivity contribution in [2.24, 2.45) is 5.73 Å². The Morgan fingerprint density at radius 1 is 1.14 bits per heavy atom. The number of nitrogens with one attached hydrogen (secondary N) is 1. The van der Waals surface area contributed by atoms with Crippen molar-refractivity contribution in [2.75, 3.05) is 26.0 Å². The molecule has 1 fully saturated rings. The van der Waals surface area contributed by atoms with Gasteiger partial charge in [0.25, 0.3) is 0 Å².